The molecule has 0 amide bonds. The molecule has 0 fully saturated rings. The maximum absolute atomic E-state index is 9.50. The molecule has 126 valence electrons. The summed E-state index contributed by atoms with van der Waals surface area (Å²) in [4.78, 5) is 4.19. The quantitative estimate of drug-likeness (QED) is 0.364. The third-order valence-electron chi connectivity index (χ3n) is 3.78. The van der Waals surface area contributed by atoms with Gasteiger partial charge in [0.2, 0.25) is 0 Å². The van der Waals surface area contributed by atoms with Crippen LogP contribution >= 0.6 is 11.6 Å². The van der Waals surface area contributed by atoms with E-state index in [1.165, 1.54) is 0 Å². The minimum atomic E-state index is 0.431. The molecule has 6 heteroatoms. The maximum Gasteiger partial charge on any atom is 0.130 e. The Morgan fingerprint density at radius 3 is 2.56 bits per heavy atom. The van der Waals surface area contributed by atoms with Gasteiger partial charge in [-0.1, -0.05) is 41.0 Å². The first-order chi connectivity index (χ1) is 12.1. The molecule has 25 heavy (non-hydrogen) atoms. The summed E-state index contributed by atoms with van der Waals surface area (Å²) in [6.45, 7) is 1.96. The van der Waals surface area contributed by atoms with Crippen LogP contribution in [0.4, 0.5) is 17.2 Å². The van der Waals surface area contributed by atoms with E-state index in [1.807, 2.05) is 43.3 Å². The van der Waals surface area contributed by atoms with Crippen molar-refractivity contribution in [2.45, 2.75) is 6.92 Å². The number of hydrogen-bond acceptors (Lipinski definition) is 5. The molecule has 3 aromatic rings. The van der Waals surface area contributed by atoms with Crippen molar-refractivity contribution in [3.63, 3.8) is 0 Å². The largest absolute Gasteiger partial charge is 0.410 e. The Balaban J connectivity index is 1.91. The molecule has 0 spiro atoms. The van der Waals surface area contributed by atoms with E-state index in [0.29, 0.717) is 27.8 Å². The molecule has 1 heterocycles. The Morgan fingerprint density at radius 2 is 1.92 bits per heavy atom. The molecule has 0 radical (unpaired) electrons. The highest BCUT2D eigenvalue weighted by Gasteiger charge is 2.14. The molecule has 1 aromatic heterocycles. The molecule has 4 N–H and O–H groups in total. The third kappa shape index (κ3) is 3.72. The Morgan fingerprint density at radius 1 is 1.12 bits per heavy atom. The third-order valence-corrected chi connectivity index (χ3v) is 4.10. The first-order valence-electron chi connectivity index (χ1n) is 7.65. The summed E-state index contributed by atoms with van der Waals surface area (Å²) in [7, 11) is 0. The monoisotopic (exact) mass is 352 g/mol. The smallest absolute Gasteiger partial charge is 0.130 e. The van der Waals surface area contributed by atoms with Crippen LogP contribution in [0, 0.1) is 6.92 Å². The number of nitrogen functional groups attached to an aromatic ring is 1. The lowest BCUT2D eigenvalue weighted by Crippen LogP contribution is -2.06. The minimum absolute atomic E-state index is 0.431. The normalized spacial score (nSPS) is 11.4. The molecule has 0 aliphatic rings. The molecule has 0 saturated heterocycles. The first-order valence-corrected chi connectivity index (χ1v) is 8.03. The average Bonchev–Trinajstić information content (AvgIpc) is 2.61. The van der Waals surface area contributed by atoms with Gasteiger partial charge in [0.05, 0.1) is 16.9 Å². The van der Waals surface area contributed by atoms with Crippen molar-refractivity contribution in [2.24, 2.45) is 5.16 Å². The zero-order chi connectivity index (χ0) is 17.8. The van der Waals surface area contributed by atoms with Crippen molar-refractivity contribution in [3.05, 3.63) is 82.5 Å². The number of halogens is 1. The van der Waals surface area contributed by atoms with Crippen molar-refractivity contribution >= 4 is 34.5 Å². The van der Waals surface area contributed by atoms with Crippen LogP contribution in [0.15, 0.2) is 65.9 Å². The predicted molar refractivity (Wildman–Crippen MR) is 102 cm³/mol. The standard InChI is InChI=1S/C19H17ClN4O/c1-12-4-2-3-5-15(12)19(24-25)16-8-7-14(10-17(16)20)23-18-9-6-13(21)11-22-18/h2-11,25H,21H2,1H3,(H,22,23)/b24-19-. The zero-order valence-electron chi connectivity index (χ0n) is 13.6. The second-order valence-corrected chi connectivity index (χ2v) is 5.97. The molecule has 2 aromatic carbocycles. The van der Waals surface area contributed by atoms with E-state index in [-0.39, 0.29) is 0 Å². The number of aromatic nitrogens is 1. The lowest BCUT2D eigenvalue weighted by atomic mass is 9.98. The van der Waals surface area contributed by atoms with Gasteiger partial charge in [0.1, 0.15) is 11.5 Å². The first kappa shape index (κ1) is 16.8. The highest BCUT2D eigenvalue weighted by molar-refractivity contribution is 6.35. The Bertz CT molecular complexity index is 923. The van der Waals surface area contributed by atoms with Crippen molar-refractivity contribution in [1.29, 1.82) is 0 Å². The number of nitrogens with zero attached hydrogens (tertiary/aromatic N) is 2. The SMILES string of the molecule is Cc1ccccc1/C(=N/O)c1ccc(Nc2ccc(N)cn2)cc1Cl. The van der Waals surface area contributed by atoms with E-state index in [2.05, 4.69) is 15.5 Å². The molecule has 0 aliphatic carbocycles. The van der Waals surface area contributed by atoms with Crippen LogP contribution in [0.2, 0.25) is 5.02 Å². The summed E-state index contributed by atoms with van der Waals surface area (Å²) >= 11 is 6.42. The maximum atomic E-state index is 9.50. The fourth-order valence-corrected chi connectivity index (χ4v) is 2.77. The zero-order valence-corrected chi connectivity index (χ0v) is 14.3. The summed E-state index contributed by atoms with van der Waals surface area (Å²) in [6.07, 6.45) is 1.58. The lowest BCUT2D eigenvalue weighted by molar-refractivity contribution is 0.319. The number of anilines is 3. The van der Waals surface area contributed by atoms with E-state index in [1.54, 1.807) is 24.4 Å². The van der Waals surface area contributed by atoms with Gasteiger partial charge in [0.15, 0.2) is 0 Å². The average molecular weight is 353 g/mol. The highest BCUT2D eigenvalue weighted by atomic mass is 35.5. The summed E-state index contributed by atoms with van der Waals surface area (Å²) in [5.41, 5.74) is 9.91. The predicted octanol–water partition coefficient (Wildman–Crippen LogP) is 4.60. The molecular weight excluding hydrogens is 336 g/mol. The van der Waals surface area contributed by atoms with Crippen LogP contribution in [-0.4, -0.2) is 15.9 Å². The number of aryl methyl sites for hydroxylation is 1. The Kier molecular flexibility index (Phi) is 4.86. The Hall–Kier alpha value is -3.05. The van der Waals surface area contributed by atoms with Crippen LogP contribution in [0.1, 0.15) is 16.7 Å². The molecule has 0 aliphatic heterocycles. The van der Waals surface area contributed by atoms with Gasteiger partial charge in [0, 0.05) is 16.8 Å². The number of nitrogens with two attached hydrogens (primary N) is 1. The van der Waals surface area contributed by atoms with E-state index in [4.69, 9.17) is 17.3 Å². The Labute approximate surface area is 150 Å². The van der Waals surface area contributed by atoms with Gasteiger partial charge in [-0.3, -0.25) is 0 Å². The van der Waals surface area contributed by atoms with E-state index in [9.17, 15) is 5.21 Å². The second kappa shape index (κ2) is 7.23. The van der Waals surface area contributed by atoms with Gasteiger partial charge >= 0.3 is 0 Å². The topological polar surface area (TPSA) is 83.5 Å². The fourth-order valence-electron chi connectivity index (χ4n) is 2.50. The number of nitrogens with one attached hydrogen (secondary N) is 1. The fraction of sp³-hybridized carbons (Fsp3) is 0.0526. The van der Waals surface area contributed by atoms with Crippen LogP contribution in [0.25, 0.3) is 0 Å². The molecule has 0 bridgehead atoms. The summed E-state index contributed by atoms with van der Waals surface area (Å²) < 4.78 is 0. The van der Waals surface area contributed by atoms with Gasteiger partial charge < -0.3 is 16.3 Å². The molecule has 3 rings (SSSR count). The van der Waals surface area contributed by atoms with Crippen molar-refractivity contribution in [2.75, 3.05) is 11.1 Å². The molecule has 0 unspecified atom stereocenters. The minimum Gasteiger partial charge on any atom is -0.410 e. The number of hydrogen-bond donors (Lipinski definition) is 3. The summed E-state index contributed by atoms with van der Waals surface area (Å²) in [5, 5.41) is 16.6. The van der Waals surface area contributed by atoms with E-state index in [0.717, 1.165) is 16.8 Å². The van der Waals surface area contributed by atoms with Crippen LogP contribution in [-0.2, 0) is 0 Å². The van der Waals surface area contributed by atoms with Gasteiger partial charge in [-0.2, -0.15) is 0 Å². The van der Waals surface area contributed by atoms with Crippen LogP contribution < -0.4 is 11.1 Å². The van der Waals surface area contributed by atoms with Crippen molar-refractivity contribution < 1.29 is 5.21 Å². The van der Waals surface area contributed by atoms with Crippen molar-refractivity contribution in [3.8, 4) is 0 Å². The molecule has 5 nitrogen and oxygen atoms in total. The van der Waals surface area contributed by atoms with E-state index >= 15 is 0 Å². The van der Waals surface area contributed by atoms with Gasteiger partial charge in [-0.25, -0.2) is 4.98 Å². The summed E-state index contributed by atoms with van der Waals surface area (Å²) in [6, 6.07) is 16.6. The molecular formula is C19H17ClN4O. The number of oxime groups is 1. The van der Waals surface area contributed by atoms with Crippen LogP contribution in [0.3, 0.4) is 0 Å². The van der Waals surface area contributed by atoms with Gasteiger partial charge in [0.25, 0.3) is 0 Å². The van der Waals surface area contributed by atoms with Crippen molar-refractivity contribution in [1.82, 2.24) is 4.98 Å². The molecule has 0 saturated carbocycles. The van der Waals surface area contributed by atoms with E-state index < -0.39 is 0 Å². The second-order valence-electron chi connectivity index (χ2n) is 5.56. The lowest BCUT2D eigenvalue weighted by Gasteiger charge is -2.12. The highest BCUT2D eigenvalue weighted by Crippen LogP contribution is 2.26. The van der Waals surface area contributed by atoms with Gasteiger partial charge in [-0.05, 0) is 42.8 Å². The van der Waals surface area contributed by atoms with Gasteiger partial charge in [-0.15, -0.1) is 0 Å². The number of benzene rings is 2. The summed E-state index contributed by atoms with van der Waals surface area (Å²) in [5.74, 6) is 0.660. The molecule has 0 atom stereocenters. The number of pyridine rings is 1. The van der Waals surface area contributed by atoms with Crippen LogP contribution in [0.5, 0.6) is 0 Å². The number of rotatable bonds is 4.